The molecule has 0 fully saturated rings. The van der Waals surface area contributed by atoms with E-state index in [0.29, 0.717) is 24.1 Å². The Hall–Kier alpha value is -3.64. The average Bonchev–Trinajstić information content (AvgIpc) is 3.11. The molecule has 0 aliphatic heterocycles. The number of carbonyl (C=O) groups excluding carboxylic acids is 1. The number of pyridine rings is 1. The van der Waals surface area contributed by atoms with Crippen LogP contribution in [0.25, 0.3) is 5.69 Å². The van der Waals surface area contributed by atoms with Crippen molar-refractivity contribution in [3.63, 3.8) is 0 Å². The first kappa shape index (κ1) is 22.6. The molecule has 0 spiro atoms. The molecule has 2 heterocycles. The van der Waals surface area contributed by atoms with Gasteiger partial charge in [-0.15, -0.1) is 0 Å². The van der Waals surface area contributed by atoms with E-state index in [1.54, 1.807) is 6.20 Å². The number of rotatable bonds is 8. The number of nitrogens with zero attached hydrogens (tertiary/aromatic N) is 3. The molecule has 0 radical (unpaired) electrons. The van der Waals surface area contributed by atoms with Crippen LogP contribution in [0.3, 0.4) is 0 Å². The third kappa shape index (κ3) is 5.79. The Morgan fingerprint density at radius 2 is 1.79 bits per heavy atom. The summed E-state index contributed by atoms with van der Waals surface area (Å²) in [5.41, 5.74) is 5.59. The zero-order chi connectivity index (χ0) is 23.2. The topological polar surface area (TPSA) is 69.0 Å². The molecule has 0 unspecified atom stereocenters. The van der Waals surface area contributed by atoms with Gasteiger partial charge in [0.25, 0.3) is 0 Å². The van der Waals surface area contributed by atoms with Crippen LogP contribution in [0, 0.1) is 13.8 Å². The highest BCUT2D eigenvalue weighted by Crippen LogP contribution is 2.20. The molecule has 0 saturated carbocycles. The highest BCUT2D eigenvalue weighted by molar-refractivity contribution is 6.30. The summed E-state index contributed by atoms with van der Waals surface area (Å²) in [6.07, 6.45) is 1.94. The number of carbonyl (C=O) groups is 1. The summed E-state index contributed by atoms with van der Waals surface area (Å²) in [6.45, 7) is 4.73. The van der Waals surface area contributed by atoms with Crippen molar-refractivity contribution in [3.05, 3.63) is 106 Å². The van der Waals surface area contributed by atoms with Crippen LogP contribution in [0.2, 0.25) is 5.02 Å². The van der Waals surface area contributed by atoms with E-state index >= 15 is 0 Å². The Morgan fingerprint density at radius 3 is 2.55 bits per heavy atom. The number of nitrogens with one attached hydrogen (secondary N) is 1. The van der Waals surface area contributed by atoms with Gasteiger partial charge in [-0.25, -0.2) is 9.67 Å². The van der Waals surface area contributed by atoms with Crippen molar-refractivity contribution < 1.29 is 9.53 Å². The molecule has 0 atom stereocenters. The minimum absolute atomic E-state index is 0.0691. The molecule has 1 amide bonds. The normalized spacial score (nSPS) is 10.8. The van der Waals surface area contributed by atoms with Gasteiger partial charge in [-0.2, -0.15) is 5.10 Å². The summed E-state index contributed by atoms with van der Waals surface area (Å²) < 4.78 is 7.62. The van der Waals surface area contributed by atoms with Crippen molar-refractivity contribution in [3.8, 4) is 11.6 Å². The van der Waals surface area contributed by atoms with Crippen molar-refractivity contribution in [1.82, 2.24) is 20.1 Å². The van der Waals surface area contributed by atoms with E-state index in [4.69, 9.17) is 16.3 Å². The number of ether oxygens (including phenoxy) is 1. The number of aromatic nitrogens is 3. The highest BCUT2D eigenvalue weighted by atomic mass is 35.5. The van der Waals surface area contributed by atoms with Crippen LogP contribution < -0.4 is 10.1 Å². The molecule has 4 rings (SSSR count). The molecule has 0 bridgehead atoms. The molecule has 6 nitrogen and oxygen atoms in total. The van der Waals surface area contributed by atoms with Crippen LogP contribution in [0.4, 0.5) is 0 Å². The van der Waals surface area contributed by atoms with Gasteiger partial charge in [0.15, 0.2) is 0 Å². The minimum Gasteiger partial charge on any atom is -0.473 e. The standard InChI is InChI=1S/C26H25ClN4O2/c1-18-24(19(2)31(30-18)23-10-8-22(27)9-11-23)15-25(32)29-16-21-12-13-28-26(14-21)33-17-20-6-4-3-5-7-20/h3-14H,15-17H2,1-2H3,(H,29,32). The minimum atomic E-state index is -0.0691. The quantitative estimate of drug-likeness (QED) is 0.403. The van der Waals surface area contributed by atoms with Crippen molar-refractivity contribution in [1.29, 1.82) is 0 Å². The van der Waals surface area contributed by atoms with E-state index in [-0.39, 0.29) is 12.3 Å². The molecular formula is C26H25ClN4O2. The first-order valence-electron chi connectivity index (χ1n) is 10.7. The molecular weight excluding hydrogens is 436 g/mol. The second-order valence-corrected chi connectivity index (χ2v) is 8.20. The smallest absolute Gasteiger partial charge is 0.224 e. The molecule has 0 aliphatic carbocycles. The third-order valence-electron chi connectivity index (χ3n) is 5.37. The van der Waals surface area contributed by atoms with E-state index in [9.17, 15) is 4.79 Å². The van der Waals surface area contributed by atoms with Crippen LogP contribution in [-0.4, -0.2) is 20.7 Å². The van der Waals surface area contributed by atoms with E-state index in [0.717, 1.165) is 33.8 Å². The summed E-state index contributed by atoms with van der Waals surface area (Å²) in [4.78, 5) is 16.9. The Balaban J connectivity index is 1.35. The third-order valence-corrected chi connectivity index (χ3v) is 5.62. The largest absolute Gasteiger partial charge is 0.473 e. The van der Waals surface area contributed by atoms with E-state index in [2.05, 4.69) is 15.4 Å². The second kappa shape index (κ2) is 10.3. The van der Waals surface area contributed by atoms with Gasteiger partial charge in [0.2, 0.25) is 11.8 Å². The van der Waals surface area contributed by atoms with Crippen LogP contribution in [0.5, 0.6) is 5.88 Å². The number of amides is 1. The number of hydrogen-bond donors (Lipinski definition) is 1. The average molecular weight is 461 g/mol. The summed E-state index contributed by atoms with van der Waals surface area (Å²) in [6, 6.07) is 21.1. The van der Waals surface area contributed by atoms with Crippen LogP contribution in [0.15, 0.2) is 72.9 Å². The summed E-state index contributed by atoms with van der Waals surface area (Å²) in [5.74, 6) is 0.460. The zero-order valence-corrected chi connectivity index (χ0v) is 19.3. The molecule has 33 heavy (non-hydrogen) atoms. The van der Waals surface area contributed by atoms with Gasteiger partial charge in [-0.1, -0.05) is 41.9 Å². The Labute approximate surface area is 198 Å². The van der Waals surface area contributed by atoms with E-state index < -0.39 is 0 Å². The molecule has 168 valence electrons. The molecule has 2 aromatic carbocycles. The lowest BCUT2D eigenvalue weighted by molar-refractivity contribution is -0.120. The van der Waals surface area contributed by atoms with Gasteiger partial charge in [-0.3, -0.25) is 4.79 Å². The number of benzene rings is 2. The summed E-state index contributed by atoms with van der Waals surface area (Å²) in [5, 5.41) is 8.26. The van der Waals surface area contributed by atoms with Gasteiger partial charge >= 0.3 is 0 Å². The van der Waals surface area contributed by atoms with Gasteiger partial charge < -0.3 is 10.1 Å². The lowest BCUT2D eigenvalue weighted by atomic mass is 10.1. The number of hydrogen-bond acceptors (Lipinski definition) is 4. The van der Waals surface area contributed by atoms with Gasteiger partial charge in [0.05, 0.1) is 17.8 Å². The zero-order valence-electron chi connectivity index (χ0n) is 18.6. The fourth-order valence-electron chi connectivity index (χ4n) is 3.56. The molecule has 0 saturated heterocycles. The summed E-state index contributed by atoms with van der Waals surface area (Å²) in [7, 11) is 0. The lowest BCUT2D eigenvalue weighted by Gasteiger charge is -2.09. The fourth-order valence-corrected chi connectivity index (χ4v) is 3.69. The predicted octanol–water partition coefficient (Wildman–Crippen LogP) is 4.98. The van der Waals surface area contributed by atoms with Gasteiger partial charge in [-0.05, 0) is 55.3 Å². The number of halogens is 1. The molecule has 7 heteroatoms. The molecule has 0 aliphatic rings. The van der Waals surface area contributed by atoms with Crippen molar-refractivity contribution >= 4 is 17.5 Å². The first-order chi connectivity index (χ1) is 16.0. The van der Waals surface area contributed by atoms with E-state index in [1.165, 1.54) is 0 Å². The lowest BCUT2D eigenvalue weighted by Crippen LogP contribution is -2.25. The Morgan fingerprint density at radius 1 is 1.03 bits per heavy atom. The second-order valence-electron chi connectivity index (χ2n) is 7.77. The van der Waals surface area contributed by atoms with Gasteiger partial charge in [0, 0.05) is 35.1 Å². The van der Waals surface area contributed by atoms with E-state index in [1.807, 2.05) is 85.3 Å². The van der Waals surface area contributed by atoms with Crippen LogP contribution >= 0.6 is 11.6 Å². The highest BCUT2D eigenvalue weighted by Gasteiger charge is 2.16. The summed E-state index contributed by atoms with van der Waals surface area (Å²) >= 11 is 5.99. The monoisotopic (exact) mass is 460 g/mol. The molecule has 1 N–H and O–H groups in total. The maximum absolute atomic E-state index is 12.7. The SMILES string of the molecule is Cc1nn(-c2ccc(Cl)cc2)c(C)c1CC(=O)NCc1ccnc(OCc2ccccc2)c1. The maximum atomic E-state index is 12.7. The van der Waals surface area contributed by atoms with Crippen molar-refractivity contribution in [2.24, 2.45) is 0 Å². The molecule has 4 aromatic rings. The fraction of sp³-hybridized carbons (Fsp3) is 0.192. The Bertz CT molecular complexity index is 1240. The predicted molar refractivity (Wildman–Crippen MR) is 129 cm³/mol. The van der Waals surface area contributed by atoms with Crippen molar-refractivity contribution in [2.45, 2.75) is 33.4 Å². The van der Waals surface area contributed by atoms with Crippen LogP contribution in [0.1, 0.15) is 28.1 Å². The molecule has 2 aromatic heterocycles. The first-order valence-corrected chi connectivity index (χ1v) is 11.1. The van der Waals surface area contributed by atoms with Crippen molar-refractivity contribution in [2.75, 3.05) is 0 Å². The Kier molecular flexibility index (Phi) is 7.05. The van der Waals surface area contributed by atoms with Gasteiger partial charge in [0.1, 0.15) is 6.61 Å². The maximum Gasteiger partial charge on any atom is 0.224 e. The van der Waals surface area contributed by atoms with Crippen LogP contribution in [-0.2, 0) is 24.4 Å². The number of aryl methyl sites for hydroxylation is 1.